The highest BCUT2D eigenvalue weighted by molar-refractivity contribution is 7.97. The average Bonchev–Trinajstić information content (AvgIpc) is 3.02. The van der Waals surface area contributed by atoms with Crippen LogP contribution in [0, 0.1) is 0 Å². The minimum absolute atomic E-state index is 0.287. The molecular weight excluding hydrogens is 353 g/mol. The number of carbonyl (C=O) groups is 1. The summed E-state index contributed by atoms with van der Waals surface area (Å²) >= 11 is 1.17. The predicted molar refractivity (Wildman–Crippen MR) is 87.1 cm³/mol. The lowest BCUT2D eigenvalue weighted by atomic mass is 10.3. The van der Waals surface area contributed by atoms with Crippen molar-refractivity contribution in [1.82, 2.24) is 13.9 Å². The first-order chi connectivity index (χ1) is 11.9. The zero-order valence-corrected chi connectivity index (χ0v) is 13.4. The van der Waals surface area contributed by atoms with Crippen LogP contribution in [0.3, 0.4) is 0 Å². The van der Waals surface area contributed by atoms with Crippen molar-refractivity contribution in [3.8, 4) is 0 Å². The molecule has 1 amide bonds. The lowest BCUT2D eigenvalue weighted by Gasteiger charge is -2.06. The maximum absolute atomic E-state index is 12.5. The molecule has 3 heterocycles. The standard InChI is InChI=1S/C16H11F3N4OS/c17-16(18,19)14-5-4-12(9-21-14)25-23-8-6-11(10-23)22-15(24)13-3-1-2-7-20-13/h1-10H,(H,22,24). The van der Waals surface area contributed by atoms with Crippen molar-refractivity contribution in [3.05, 3.63) is 72.6 Å². The Balaban J connectivity index is 1.65. The van der Waals surface area contributed by atoms with E-state index in [1.165, 1.54) is 24.2 Å². The van der Waals surface area contributed by atoms with E-state index >= 15 is 0 Å². The molecular formula is C16H11F3N4OS. The number of hydrogen-bond acceptors (Lipinski definition) is 4. The second kappa shape index (κ2) is 6.98. The smallest absolute Gasteiger partial charge is 0.319 e. The Bertz CT molecular complexity index is 863. The van der Waals surface area contributed by atoms with E-state index in [1.807, 2.05) is 0 Å². The van der Waals surface area contributed by atoms with Gasteiger partial charge < -0.3 is 5.32 Å². The van der Waals surface area contributed by atoms with Gasteiger partial charge in [0.1, 0.15) is 11.4 Å². The van der Waals surface area contributed by atoms with E-state index < -0.39 is 11.9 Å². The Morgan fingerprint density at radius 2 is 1.96 bits per heavy atom. The van der Waals surface area contributed by atoms with Gasteiger partial charge >= 0.3 is 6.18 Å². The summed E-state index contributed by atoms with van der Waals surface area (Å²) in [5.41, 5.74) is -0.106. The number of alkyl halides is 3. The summed E-state index contributed by atoms with van der Waals surface area (Å²) in [6, 6.07) is 8.95. The lowest BCUT2D eigenvalue weighted by molar-refractivity contribution is -0.141. The molecule has 5 nitrogen and oxygen atoms in total. The van der Waals surface area contributed by atoms with Gasteiger partial charge in [0.05, 0.1) is 5.69 Å². The van der Waals surface area contributed by atoms with Gasteiger partial charge in [-0.05, 0) is 42.3 Å². The van der Waals surface area contributed by atoms with E-state index in [0.29, 0.717) is 10.6 Å². The van der Waals surface area contributed by atoms with Crippen LogP contribution in [0.1, 0.15) is 16.2 Å². The first kappa shape index (κ1) is 17.0. The maximum Gasteiger partial charge on any atom is 0.433 e. The van der Waals surface area contributed by atoms with Crippen LogP contribution in [0.2, 0.25) is 0 Å². The van der Waals surface area contributed by atoms with Gasteiger partial charge in [-0.25, -0.2) is 0 Å². The van der Waals surface area contributed by atoms with Gasteiger partial charge in [-0.15, -0.1) is 0 Å². The zero-order valence-electron chi connectivity index (χ0n) is 12.6. The molecule has 0 spiro atoms. The third-order valence-corrected chi connectivity index (χ3v) is 3.95. The molecule has 0 radical (unpaired) electrons. The predicted octanol–water partition coefficient (Wildman–Crippen LogP) is 4.10. The van der Waals surface area contributed by atoms with Gasteiger partial charge in [0.25, 0.3) is 5.91 Å². The van der Waals surface area contributed by atoms with Crippen LogP contribution < -0.4 is 5.32 Å². The minimum Gasteiger partial charge on any atom is -0.319 e. The third-order valence-electron chi connectivity index (χ3n) is 3.06. The fourth-order valence-electron chi connectivity index (χ4n) is 1.92. The van der Waals surface area contributed by atoms with Gasteiger partial charge in [-0.1, -0.05) is 6.07 Å². The zero-order chi connectivity index (χ0) is 17.9. The van der Waals surface area contributed by atoms with E-state index in [2.05, 4.69) is 15.3 Å². The van der Waals surface area contributed by atoms with Crippen LogP contribution in [0.4, 0.5) is 18.9 Å². The summed E-state index contributed by atoms with van der Waals surface area (Å²) in [5, 5.41) is 2.69. The number of anilines is 1. The van der Waals surface area contributed by atoms with E-state index in [-0.39, 0.29) is 11.6 Å². The van der Waals surface area contributed by atoms with Crippen LogP contribution in [-0.2, 0) is 6.18 Å². The molecule has 0 aliphatic carbocycles. The number of nitrogens with one attached hydrogen (secondary N) is 1. The van der Waals surface area contributed by atoms with Crippen molar-refractivity contribution in [3.63, 3.8) is 0 Å². The van der Waals surface area contributed by atoms with Gasteiger partial charge in [-0.2, -0.15) is 13.2 Å². The number of nitrogens with zero attached hydrogens (tertiary/aromatic N) is 3. The van der Waals surface area contributed by atoms with Crippen molar-refractivity contribution in [2.75, 3.05) is 5.32 Å². The molecule has 3 rings (SSSR count). The molecule has 128 valence electrons. The Morgan fingerprint density at radius 1 is 1.12 bits per heavy atom. The summed E-state index contributed by atoms with van der Waals surface area (Å²) in [5.74, 6) is -0.348. The van der Waals surface area contributed by atoms with Gasteiger partial charge in [0, 0.05) is 29.7 Å². The molecule has 0 aliphatic heterocycles. The topological polar surface area (TPSA) is 59.8 Å². The fourth-order valence-corrected chi connectivity index (χ4v) is 2.68. The van der Waals surface area contributed by atoms with Crippen molar-refractivity contribution < 1.29 is 18.0 Å². The number of amides is 1. The Morgan fingerprint density at radius 3 is 2.60 bits per heavy atom. The van der Waals surface area contributed by atoms with E-state index in [4.69, 9.17) is 0 Å². The van der Waals surface area contributed by atoms with E-state index in [1.54, 1.807) is 40.6 Å². The number of pyridine rings is 2. The normalized spacial score (nSPS) is 11.3. The van der Waals surface area contributed by atoms with Crippen molar-refractivity contribution in [2.45, 2.75) is 11.1 Å². The summed E-state index contributed by atoms with van der Waals surface area (Å²) < 4.78 is 39.1. The van der Waals surface area contributed by atoms with Crippen LogP contribution >= 0.6 is 11.9 Å². The first-order valence-corrected chi connectivity index (χ1v) is 7.81. The van der Waals surface area contributed by atoms with E-state index in [0.717, 1.165) is 12.3 Å². The second-order valence-corrected chi connectivity index (χ2v) is 5.97. The first-order valence-electron chi connectivity index (χ1n) is 7.04. The fraction of sp³-hybridized carbons (Fsp3) is 0.0625. The number of halogens is 3. The minimum atomic E-state index is -4.46. The molecule has 0 unspecified atom stereocenters. The summed E-state index contributed by atoms with van der Waals surface area (Å²) in [6.45, 7) is 0. The third kappa shape index (κ3) is 4.38. The average molecular weight is 364 g/mol. The highest BCUT2D eigenvalue weighted by Gasteiger charge is 2.32. The molecule has 1 N–H and O–H groups in total. The Hall–Kier alpha value is -2.81. The van der Waals surface area contributed by atoms with Crippen LogP contribution in [0.5, 0.6) is 0 Å². The number of hydrogen-bond donors (Lipinski definition) is 1. The molecule has 0 fully saturated rings. The molecule has 0 saturated heterocycles. The van der Waals surface area contributed by atoms with Gasteiger partial charge in [0.2, 0.25) is 0 Å². The van der Waals surface area contributed by atoms with Crippen molar-refractivity contribution >= 4 is 23.5 Å². The highest BCUT2D eigenvalue weighted by atomic mass is 32.2. The van der Waals surface area contributed by atoms with Gasteiger partial charge in [0.15, 0.2) is 0 Å². The molecule has 0 saturated carbocycles. The summed E-state index contributed by atoms with van der Waals surface area (Å²) in [6.07, 6.45) is 1.53. The summed E-state index contributed by atoms with van der Waals surface area (Å²) in [7, 11) is 0. The van der Waals surface area contributed by atoms with E-state index in [9.17, 15) is 18.0 Å². The highest BCUT2D eigenvalue weighted by Crippen LogP contribution is 2.29. The largest absolute Gasteiger partial charge is 0.433 e. The lowest BCUT2D eigenvalue weighted by Crippen LogP contribution is -2.12. The molecule has 25 heavy (non-hydrogen) atoms. The molecule has 0 aromatic carbocycles. The molecule has 3 aromatic heterocycles. The molecule has 0 bridgehead atoms. The number of aromatic nitrogens is 3. The molecule has 0 atom stereocenters. The maximum atomic E-state index is 12.5. The molecule has 0 aliphatic rings. The van der Waals surface area contributed by atoms with Crippen LogP contribution in [-0.4, -0.2) is 19.8 Å². The van der Waals surface area contributed by atoms with Crippen molar-refractivity contribution in [1.29, 1.82) is 0 Å². The quantitative estimate of drug-likeness (QED) is 0.757. The number of carbonyl (C=O) groups excluding carboxylic acids is 1. The SMILES string of the molecule is O=C(Nc1ccn(Sc2ccc(C(F)(F)F)nc2)c1)c1ccccn1. The Labute approximate surface area is 145 Å². The summed E-state index contributed by atoms with van der Waals surface area (Å²) in [4.78, 5) is 19.9. The Kier molecular flexibility index (Phi) is 4.75. The number of rotatable bonds is 4. The second-order valence-electron chi connectivity index (χ2n) is 4.90. The van der Waals surface area contributed by atoms with Crippen LogP contribution in [0.25, 0.3) is 0 Å². The molecule has 9 heteroatoms. The van der Waals surface area contributed by atoms with Gasteiger partial charge in [-0.3, -0.25) is 18.7 Å². The molecule has 3 aromatic rings. The van der Waals surface area contributed by atoms with Crippen LogP contribution in [0.15, 0.2) is 66.1 Å². The monoisotopic (exact) mass is 364 g/mol. The van der Waals surface area contributed by atoms with Crippen molar-refractivity contribution in [2.24, 2.45) is 0 Å².